The minimum Gasteiger partial charge on any atom is -0.470 e. The molecule has 0 aliphatic rings. The highest BCUT2D eigenvalue weighted by atomic mass is 19.3. The number of amides is 1. The number of rotatable bonds is 6. The Morgan fingerprint density at radius 1 is 1.23 bits per heavy atom. The van der Waals surface area contributed by atoms with Crippen molar-refractivity contribution in [3.63, 3.8) is 0 Å². The van der Waals surface area contributed by atoms with Gasteiger partial charge in [-0.2, -0.15) is 0 Å². The van der Waals surface area contributed by atoms with Gasteiger partial charge in [0.25, 0.3) is 12.3 Å². The number of hydrogen-bond acceptors (Lipinski definition) is 4. The van der Waals surface area contributed by atoms with Crippen LogP contribution in [0, 0.1) is 0 Å². The molecule has 0 aliphatic carbocycles. The fraction of sp³-hybridized carbons (Fsp3) is 0.200. The number of pyridine rings is 1. The summed E-state index contributed by atoms with van der Waals surface area (Å²) in [6, 6.07) is 11.3. The van der Waals surface area contributed by atoms with E-state index in [0.717, 1.165) is 0 Å². The summed E-state index contributed by atoms with van der Waals surface area (Å²) in [5, 5.41) is 12.4. The number of aromatic nitrogens is 1. The van der Waals surface area contributed by atoms with Crippen molar-refractivity contribution >= 4 is 11.6 Å². The van der Waals surface area contributed by atoms with Gasteiger partial charge in [-0.15, -0.1) is 0 Å². The average molecular weight is 308 g/mol. The van der Waals surface area contributed by atoms with E-state index in [1.807, 2.05) is 0 Å². The van der Waals surface area contributed by atoms with Crippen molar-refractivity contribution in [1.82, 2.24) is 4.98 Å². The quantitative estimate of drug-likeness (QED) is 0.859. The molecule has 0 fully saturated rings. The van der Waals surface area contributed by atoms with E-state index in [0.29, 0.717) is 5.56 Å². The van der Waals surface area contributed by atoms with Crippen molar-refractivity contribution in [2.75, 3.05) is 11.9 Å². The SMILES string of the molecule is O=C(Nc1cccnc1OCC(F)F)C(O)c1ccccc1. The largest absolute Gasteiger partial charge is 0.470 e. The van der Waals surface area contributed by atoms with Crippen molar-refractivity contribution in [3.05, 3.63) is 54.2 Å². The Balaban J connectivity index is 2.08. The van der Waals surface area contributed by atoms with Crippen LogP contribution in [0.25, 0.3) is 0 Å². The lowest BCUT2D eigenvalue weighted by Gasteiger charge is -2.14. The van der Waals surface area contributed by atoms with Gasteiger partial charge in [0.2, 0.25) is 5.88 Å². The Labute approximate surface area is 125 Å². The number of anilines is 1. The zero-order valence-corrected chi connectivity index (χ0v) is 11.4. The first-order chi connectivity index (χ1) is 10.6. The molecule has 2 aromatic rings. The lowest BCUT2D eigenvalue weighted by atomic mass is 10.1. The van der Waals surface area contributed by atoms with E-state index >= 15 is 0 Å². The maximum Gasteiger partial charge on any atom is 0.272 e. The molecule has 7 heteroatoms. The minimum atomic E-state index is -2.65. The molecule has 0 saturated heterocycles. The monoisotopic (exact) mass is 308 g/mol. The highest BCUT2D eigenvalue weighted by Gasteiger charge is 2.19. The maximum atomic E-state index is 12.2. The molecule has 2 rings (SSSR count). The average Bonchev–Trinajstić information content (AvgIpc) is 2.54. The molecular weight excluding hydrogens is 294 g/mol. The van der Waals surface area contributed by atoms with Gasteiger partial charge in [0.15, 0.2) is 12.7 Å². The fourth-order valence-corrected chi connectivity index (χ4v) is 1.73. The molecule has 0 aliphatic heterocycles. The van der Waals surface area contributed by atoms with Gasteiger partial charge in [-0.25, -0.2) is 13.8 Å². The van der Waals surface area contributed by atoms with Crippen LogP contribution in [0.4, 0.5) is 14.5 Å². The van der Waals surface area contributed by atoms with Crippen LogP contribution >= 0.6 is 0 Å². The zero-order valence-electron chi connectivity index (χ0n) is 11.4. The molecule has 1 unspecified atom stereocenters. The molecule has 22 heavy (non-hydrogen) atoms. The number of hydrogen-bond donors (Lipinski definition) is 2. The molecule has 0 radical (unpaired) electrons. The summed E-state index contributed by atoms with van der Waals surface area (Å²) in [4.78, 5) is 15.8. The van der Waals surface area contributed by atoms with Crippen LogP contribution in [-0.4, -0.2) is 29.0 Å². The molecule has 1 amide bonds. The summed E-state index contributed by atoms with van der Waals surface area (Å²) in [5.41, 5.74) is 0.530. The van der Waals surface area contributed by atoms with Crippen LogP contribution in [0.3, 0.4) is 0 Å². The summed E-state index contributed by atoms with van der Waals surface area (Å²) in [5.74, 6) is -0.836. The number of nitrogens with one attached hydrogen (secondary N) is 1. The number of carbonyl (C=O) groups is 1. The van der Waals surface area contributed by atoms with Gasteiger partial charge < -0.3 is 15.2 Å². The summed E-state index contributed by atoms with van der Waals surface area (Å²) in [6.45, 7) is -0.832. The molecular formula is C15H14F2N2O3. The van der Waals surface area contributed by atoms with Crippen LogP contribution in [0.1, 0.15) is 11.7 Å². The Morgan fingerprint density at radius 3 is 2.64 bits per heavy atom. The maximum absolute atomic E-state index is 12.2. The van der Waals surface area contributed by atoms with Gasteiger partial charge in [0.1, 0.15) is 5.69 Å². The molecule has 0 saturated carbocycles. The molecule has 0 spiro atoms. The van der Waals surface area contributed by atoms with E-state index in [4.69, 9.17) is 4.74 Å². The summed E-state index contributed by atoms with van der Waals surface area (Å²) in [6.07, 6.45) is -2.69. The zero-order chi connectivity index (χ0) is 15.9. The van der Waals surface area contributed by atoms with Crippen LogP contribution < -0.4 is 10.1 Å². The standard InChI is InChI=1S/C15H14F2N2O3/c16-12(17)9-22-15-11(7-4-8-18-15)19-14(21)13(20)10-5-2-1-3-6-10/h1-8,12-13,20H,9H2,(H,19,21). The predicted octanol–water partition coefficient (Wildman–Crippen LogP) is 2.40. The third-order valence-electron chi connectivity index (χ3n) is 2.74. The molecule has 1 atom stereocenters. The van der Waals surface area contributed by atoms with E-state index in [-0.39, 0.29) is 11.6 Å². The first-order valence-corrected chi connectivity index (χ1v) is 6.47. The lowest BCUT2D eigenvalue weighted by molar-refractivity contribution is -0.124. The normalized spacial score (nSPS) is 12.0. The van der Waals surface area contributed by atoms with Crippen molar-refractivity contribution < 1.29 is 23.4 Å². The number of alkyl halides is 2. The second-order valence-electron chi connectivity index (χ2n) is 4.36. The third kappa shape index (κ3) is 4.23. The third-order valence-corrected chi connectivity index (χ3v) is 2.74. The molecule has 1 aromatic heterocycles. The van der Waals surface area contributed by atoms with E-state index < -0.39 is 25.0 Å². The number of nitrogens with zero attached hydrogens (tertiary/aromatic N) is 1. The van der Waals surface area contributed by atoms with Gasteiger partial charge in [-0.3, -0.25) is 4.79 Å². The van der Waals surface area contributed by atoms with Gasteiger partial charge in [0.05, 0.1) is 0 Å². The van der Waals surface area contributed by atoms with Gasteiger partial charge in [-0.1, -0.05) is 30.3 Å². The highest BCUT2D eigenvalue weighted by Crippen LogP contribution is 2.23. The number of ether oxygens (including phenoxy) is 1. The van der Waals surface area contributed by atoms with Crippen LogP contribution in [-0.2, 0) is 4.79 Å². The topological polar surface area (TPSA) is 71.5 Å². The lowest BCUT2D eigenvalue weighted by Crippen LogP contribution is -2.21. The predicted molar refractivity (Wildman–Crippen MR) is 75.8 cm³/mol. The number of benzene rings is 1. The molecule has 5 nitrogen and oxygen atoms in total. The Hall–Kier alpha value is -2.54. The second-order valence-corrected chi connectivity index (χ2v) is 4.36. The number of halogens is 2. The Morgan fingerprint density at radius 2 is 1.95 bits per heavy atom. The van der Waals surface area contributed by atoms with Crippen LogP contribution in [0.2, 0.25) is 0 Å². The first kappa shape index (κ1) is 15.8. The number of carbonyl (C=O) groups excluding carboxylic acids is 1. The fourth-order valence-electron chi connectivity index (χ4n) is 1.73. The van der Waals surface area contributed by atoms with Gasteiger partial charge in [0, 0.05) is 6.20 Å². The first-order valence-electron chi connectivity index (χ1n) is 6.47. The molecule has 1 heterocycles. The van der Waals surface area contributed by atoms with Crippen molar-refractivity contribution in [1.29, 1.82) is 0 Å². The summed E-state index contributed by atoms with van der Waals surface area (Å²) in [7, 11) is 0. The van der Waals surface area contributed by atoms with E-state index in [2.05, 4.69) is 10.3 Å². The second kappa shape index (κ2) is 7.46. The van der Waals surface area contributed by atoms with E-state index in [9.17, 15) is 18.7 Å². The molecule has 2 N–H and O–H groups in total. The van der Waals surface area contributed by atoms with Crippen molar-refractivity contribution in [2.45, 2.75) is 12.5 Å². The van der Waals surface area contributed by atoms with Gasteiger partial charge in [-0.05, 0) is 17.7 Å². The van der Waals surface area contributed by atoms with Crippen molar-refractivity contribution in [3.8, 4) is 5.88 Å². The van der Waals surface area contributed by atoms with E-state index in [1.54, 1.807) is 30.3 Å². The minimum absolute atomic E-state index is 0.114. The van der Waals surface area contributed by atoms with Crippen LogP contribution in [0.5, 0.6) is 5.88 Å². The molecule has 0 bridgehead atoms. The highest BCUT2D eigenvalue weighted by molar-refractivity contribution is 5.95. The van der Waals surface area contributed by atoms with E-state index in [1.165, 1.54) is 18.3 Å². The smallest absolute Gasteiger partial charge is 0.272 e. The summed E-state index contributed by atoms with van der Waals surface area (Å²) >= 11 is 0. The summed E-state index contributed by atoms with van der Waals surface area (Å²) < 4.78 is 29.2. The Kier molecular flexibility index (Phi) is 5.37. The van der Waals surface area contributed by atoms with Gasteiger partial charge >= 0.3 is 0 Å². The van der Waals surface area contributed by atoms with Crippen molar-refractivity contribution in [2.24, 2.45) is 0 Å². The Bertz CT molecular complexity index is 623. The number of aliphatic hydroxyl groups is 1. The molecule has 116 valence electrons. The number of aliphatic hydroxyl groups excluding tert-OH is 1. The molecule has 1 aromatic carbocycles. The van der Waals surface area contributed by atoms with Crippen LogP contribution in [0.15, 0.2) is 48.7 Å².